The summed E-state index contributed by atoms with van der Waals surface area (Å²) >= 11 is 5.62. The fourth-order valence-electron chi connectivity index (χ4n) is 0.915. The lowest BCUT2D eigenvalue weighted by Crippen LogP contribution is -1.98. The maximum atomic E-state index is 5.62. The Balaban J connectivity index is 2.39. The fraction of sp³-hybridized carbons (Fsp3) is 0.625. The molecule has 4 heteroatoms. The maximum absolute atomic E-state index is 5.62. The van der Waals surface area contributed by atoms with E-state index < -0.39 is 0 Å². The molecule has 0 atom stereocenters. The Labute approximate surface area is 76.7 Å². The number of ether oxygens (including phenoxy) is 1. The van der Waals surface area contributed by atoms with Gasteiger partial charge >= 0.3 is 0 Å². The molecular weight excluding hydrogens is 178 g/mol. The Morgan fingerprint density at radius 3 is 3.17 bits per heavy atom. The molecule has 0 aliphatic carbocycles. The molecule has 0 saturated heterocycles. The minimum absolute atomic E-state index is 0.401. The molecule has 0 aliphatic rings. The minimum Gasteiger partial charge on any atom is -0.448 e. The quantitative estimate of drug-likeness (QED) is 0.525. The van der Waals surface area contributed by atoms with E-state index in [1.807, 2.05) is 6.92 Å². The Kier molecular flexibility index (Phi) is 4.11. The molecule has 0 unspecified atom stereocenters. The highest BCUT2D eigenvalue weighted by Gasteiger charge is 2.05. The van der Waals surface area contributed by atoms with Crippen molar-refractivity contribution in [3.05, 3.63) is 17.8 Å². The van der Waals surface area contributed by atoms with E-state index in [1.54, 1.807) is 0 Å². The van der Waals surface area contributed by atoms with E-state index in [2.05, 4.69) is 4.98 Å². The summed E-state index contributed by atoms with van der Waals surface area (Å²) in [7, 11) is 0. The van der Waals surface area contributed by atoms with Crippen molar-refractivity contribution in [2.45, 2.75) is 19.2 Å². The lowest BCUT2D eigenvalue weighted by Gasteiger charge is -1.98. The van der Waals surface area contributed by atoms with Crippen LogP contribution < -0.4 is 0 Å². The van der Waals surface area contributed by atoms with Gasteiger partial charge in [-0.1, -0.05) is 0 Å². The normalized spacial score (nSPS) is 10.5. The van der Waals surface area contributed by atoms with Gasteiger partial charge in [0.25, 0.3) is 0 Å². The molecule has 0 bridgehead atoms. The lowest BCUT2D eigenvalue weighted by molar-refractivity contribution is 0.146. The van der Waals surface area contributed by atoms with E-state index in [9.17, 15) is 0 Å². The van der Waals surface area contributed by atoms with Crippen molar-refractivity contribution >= 4 is 11.6 Å². The molecule has 0 aromatic carbocycles. The number of halogens is 1. The second kappa shape index (κ2) is 5.17. The summed E-state index contributed by atoms with van der Waals surface area (Å²) in [6, 6.07) is 0. The van der Waals surface area contributed by atoms with Crippen LogP contribution in [-0.2, 0) is 17.0 Å². The standard InChI is InChI=1S/C8H12ClNO2/c1-2-11-4-3-8-7(5-9)10-6-12-8/h6H,2-5H2,1H3. The van der Waals surface area contributed by atoms with Crippen molar-refractivity contribution in [3.8, 4) is 0 Å². The third-order valence-electron chi connectivity index (χ3n) is 1.53. The zero-order valence-corrected chi connectivity index (χ0v) is 7.80. The summed E-state index contributed by atoms with van der Waals surface area (Å²) in [6.45, 7) is 3.35. The van der Waals surface area contributed by atoms with Crippen LogP contribution in [0.4, 0.5) is 0 Å². The molecule has 0 N–H and O–H groups in total. The van der Waals surface area contributed by atoms with E-state index in [4.69, 9.17) is 20.8 Å². The molecular formula is C8H12ClNO2. The fourth-order valence-corrected chi connectivity index (χ4v) is 1.13. The Morgan fingerprint density at radius 2 is 2.50 bits per heavy atom. The van der Waals surface area contributed by atoms with Gasteiger partial charge in [0.1, 0.15) is 5.76 Å². The van der Waals surface area contributed by atoms with E-state index in [0.717, 1.165) is 24.5 Å². The van der Waals surface area contributed by atoms with Crippen molar-refractivity contribution in [1.29, 1.82) is 0 Å². The van der Waals surface area contributed by atoms with Gasteiger partial charge in [-0.05, 0) is 6.92 Å². The van der Waals surface area contributed by atoms with E-state index in [-0.39, 0.29) is 0 Å². The van der Waals surface area contributed by atoms with Crippen molar-refractivity contribution in [3.63, 3.8) is 0 Å². The van der Waals surface area contributed by atoms with Gasteiger partial charge in [0, 0.05) is 13.0 Å². The zero-order valence-electron chi connectivity index (χ0n) is 7.05. The summed E-state index contributed by atoms with van der Waals surface area (Å²) in [5.41, 5.74) is 0.816. The summed E-state index contributed by atoms with van der Waals surface area (Å²) in [5.74, 6) is 1.23. The number of hydrogen-bond donors (Lipinski definition) is 0. The minimum atomic E-state index is 0.401. The molecule has 1 rings (SSSR count). The first-order valence-electron chi connectivity index (χ1n) is 3.93. The Bertz CT molecular complexity index is 225. The van der Waals surface area contributed by atoms with Crippen LogP contribution in [0, 0.1) is 0 Å². The first-order valence-corrected chi connectivity index (χ1v) is 4.46. The second-order valence-electron chi connectivity index (χ2n) is 2.30. The third-order valence-corrected chi connectivity index (χ3v) is 1.78. The average molecular weight is 190 g/mol. The molecule has 0 fully saturated rings. The molecule has 0 aliphatic heterocycles. The van der Waals surface area contributed by atoms with Gasteiger partial charge in [0.05, 0.1) is 18.2 Å². The van der Waals surface area contributed by atoms with Crippen molar-refractivity contribution in [1.82, 2.24) is 4.98 Å². The van der Waals surface area contributed by atoms with Crippen LogP contribution in [0.15, 0.2) is 10.8 Å². The predicted molar refractivity (Wildman–Crippen MR) is 46.3 cm³/mol. The zero-order chi connectivity index (χ0) is 8.81. The monoisotopic (exact) mass is 189 g/mol. The van der Waals surface area contributed by atoms with Crippen LogP contribution in [-0.4, -0.2) is 18.2 Å². The smallest absolute Gasteiger partial charge is 0.181 e. The van der Waals surface area contributed by atoms with E-state index >= 15 is 0 Å². The molecule has 12 heavy (non-hydrogen) atoms. The van der Waals surface area contributed by atoms with Crippen molar-refractivity contribution in [2.24, 2.45) is 0 Å². The first kappa shape index (κ1) is 9.55. The van der Waals surface area contributed by atoms with E-state index in [1.165, 1.54) is 6.39 Å². The van der Waals surface area contributed by atoms with Crippen LogP contribution in [0.2, 0.25) is 0 Å². The van der Waals surface area contributed by atoms with Gasteiger partial charge in [0.15, 0.2) is 6.39 Å². The summed E-state index contributed by atoms with van der Waals surface area (Å²) in [5, 5.41) is 0. The summed E-state index contributed by atoms with van der Waals surface area (Å²) in [6.07, 6.45) is 2.16. The molecule has 0 radical (unpaired) electrons. The largest absolute Gasteiger partial charge is 0.448 e. The van der Waals surface area contributed by atoms with Gasteiger partial charge in [0.2, 0.25) is 0 Å². The number of nitrogens with zero attached hydrogens (tertiary/aromatic N) is 1. The van der Waals surface area contributed by atoms with Gasteiger partial charge < -0.3 is 9.15 Å². The highest BCUT2D eigenvalue weighted by molar-refractivity contribution is 6.16. The van der Waals surface area contributed by atoms with Gasteiger partial charge in [-0.25, -0.2) is 4.98 Å². The van der Waals surface area contributed by atoms with Crippen LogP contribution in [0.1, 0.15) is 18.4 Å². The number of alkyl halides is 1. The van der Waals surface area contributed by atoms with Crippen LogP contribution >= 0.6 is 11.6 Å². The molecule has 1 aromatic heterocycles. The highest BCUT2D eigenvalue weighted by Crippen LogP contribution is 2.09. The molecule has 68 valence electrons. The highest BCUT2D eigenvalue weighted by atomic mass is 35.5. The Morgan fingerprint density at radius 1 is 1.67 bits per heavy atom. The van der Waals surface area contributed by atoms with Crippen molar-refractivity contribution in [2.75, 3.05) is 13.2 Å². The van der Waals surface area contributed by atoms with Crippen LogP contribution in [0.3, 0.4) is 0 Å². The van der Waals surface area contributed by atoms with Gasteiger partial charge in [-0.2, -0.15) is 0 Å². The van der Waals surface area contributed by atoms with E-state index in [0.29, 0.717) is 12.5 Å². The number of oxazole rings is 1. The third kappa shape index (κ3) is 2.50. The molecule has 0 spiro atoms. The average Bonchev–Trinajstić information content (AvgIpc) is 2.52. The number of rotatable bonds is 5. The number of hydrogen-bond acceptors (Lipinski definition) is 3. The summed E-state index contributed by atoms with van der Waals surface area (Å²) in [4.78, 5) is 3.96. The summed E-state index contributed by atoms with van der Waals surface area (Å²) < 4.78 is 10.3. The number of aromatic nitrogens is 1. The second-order valence-corrected chi connectivity index (χ2v) is 2.57. The molecule has 1 aromatic rings. The predicted octanol–water partition coefficient (Wildman–Crippen LogP) is 1.99. The lowest BCUT2D eigenvalue weighted by atomic mass is 10.3. The Hall–Kier alpha value is -0.540. The van der Waals surface area contributed by atoms with Gasteiger partial charge in [-0.15, -0.1) is 11.6 Å². The molecule has 0 amide bonds. The molecule has 1 heterocycles. The van der Waals surface area contributed by atoms with Crippen LogP contribution in [0.25, 0.3) is 0 Å². The first-order chi connectivity index (χ1) is 5.88. The molecule has 3 nitrogen and oxygen atoms in total. The van der Waals surface area contributed by atoms with Gasteiger partial charge in [-0.3, -0.25) is 0 Å². The molecule has 0 saturated carbocycles. The van der Waals surface area contributed by atoms with Crippen LogP contribution in [0.5, 0.6) is 0 Å². The maximum Gasteiger partial charge on any atom is 0.181 e. The van der Waals surface area contributed by atoms with Crippen molar-refractivity contribution < 1.29 is 9.15 Å². The SMILES string of the molecule is CCOCCc1ocnc1CCl. The topological polar surface area (TPSA) is 35.3 Å².